The molecule has 0 radical (unpaired) electrons. The van der Waals surface area contributed by atoms with Crippen molar-refractivity contribution < 1.29 is 23.8 Å². The number of hydrogen-bond donors (Lipinski definition) is 0. The van der Waals surface area contributed by atoms with Gasteiger partial charge in [0.25, 0.3) is 5.91 Å². The largest absolute Gasteiger partial charge is 0.494 e. The van der Waals surface area contributed by atoms with Crippen LogP contribution in [0.15, 0.2) is 72.8 Å². The van der Waals surface area contributed by atoms with Gasteiger partial charge in [0.15, 0.2) is 0 Å². The molecule has 0 unspecified atom stereocenters. The fourth-order valence-corrected chi connectivity index (χ4v) is 3.91. The van der Waals surface area contributed by atoms with Gasteiger partial charge in [0.05, 0.1) is 18.8 Å². The van der Waals surface area contributed by atoms with E-state index in [1.54, 1.807) is 36.1 Å². The molecule has 1 heterocycles. The number of nitrogens with zero attached hydrogens (tertiary/aromatic N) is 1. The van der Waals surface area contributed by atoms with Gasteiger partial charge in [-0.1, -0.05) is 30.3 Å². The Bertz CT molecular complexity index is 1120. The fourth-order valence-electron chi connectivity index (χ4n) is 3.91. The normalized spacial score (nSPS) is 17.3. The van der Waals surface area contributed by atoms with Gasteiger partial charge in [0, 0.05) is 5.69 Å². The van der Waals surface area contributed by atoms with Crippen molar-refractivity contribution in [1.82, 2.24) is 0 Å². The lowest BCUT2D eigenvalue weighted by atomic mass is 9.89. The molecular weight excluding hydrogens is 418 g/mol. The fraction of sp³-hybridized carbons (Fsp3) is 0.259. The van der Waals surface area contributed by atoms with Crippen LogP contribution in [0.25, 0.3) is 0 Å². The molecule has 0 aromatic heterocycles. The van der Waals surface area contributed by atoms with E-state index in [4.69, 9.17) is 14.2 Å². The van der Waals surface area contributed by atoms with Gasteiger partial charge in [-0.2, -0.15) is 0 Å². The standard InChI is InChI=1S/C27H27NO5/c1-4-31-22-16-12-19(13-17-22)24-25(33-23-9-7-6-8-18(23)3)26(29)28(24)21-14-10-20(11-15-21)27(30)32-5-2/h6-17,24-25H,4-5H2,1-3H3/t24-,25+/m0/s1. The Kier molecular flexibility index (Phi) is 6.63. The number of amides is 1. The topological polar surface area (TPSA) is 65.1 Å². The summed E-state index contributed by atoms with van der Waals surface area (Å²) in [5.41, 5.74) is 3.04. The number of para-hydroxylation sites is 1. The summed E-state index contributed by atoms with van der Waals surface area (Å²) in [4.78, 5) is 26.9. The Hall–Kier alpha value is -3.80. The lowest BCUT2D eigenvalue weighted by Crippen LogP contribution is -2.61. The highest BCUT2D eigenvalue weighted by Gasteiger charge is 2.51. The smallest absolute Gasteiger partial charge is 0.338 e. The van der Waals surface area contributed by atoms with Crippen LogP contribution >= 0.6 is 0 Å². The van der Waals surface area contributed by atoms with Gasteiger partial charge < -0.3 is 14.2 Å². The van der Waals surface area contributed by atoms with E-state index in [-0.39, 0.29) is 17.9 Å². The first-order valence-electron chi connectivity index (χ1n) is 11.1. The van der Waals surface area contributed by atoms with Gasteiger partial charge in [0.1, 0.15) is 17.5 Å². The molecule has 1 aliphatic rings. The summed E-state index contributed by atoms with van der Waals surface area (Å²) in [5, 5.41) is 0. The van der Waals surface area contributed by atoms with Crippen LogP contribution in [-0.4, -0.2) is 31.2 Å². The van der Waals surface area contributed by atoms with Crippen molar-refractivity contribution in [3.05, 3.63) is 89.5 Å². The molecule has 170 valence electrons. The minimum atomic E-state index is -0.659. The molecular formula is C27H27NO5. The molecule has 1 aliphatic heterocycles. The van der Waals surface area contributed by atoms with Gasteiger partial charge >= 0.3 is 5.97 Å². The zero-order valence-electron chi connectivity index (χ0n) is 19.0. The number of aryl methyl sites for hydroxylation is 1. The summed E-state index contributed by atoms with van der Waals surface area (Å²) in [6, 6.07) is 21.9. The van der Waals surface area contributed by atoms with Crippen molar-refractivity contribution in [2.24, 2.45) is 0 Å². The summed E-state index contributed by atoms with van der Waals surface area (Å²) < 4.78 is 16.8. The maximum absolute atomic E-state index is 13.2. The molecule has 6 heteroatoms. The maximum atomic E-state index is 13.2. The lowest BCUT2D eigenvalue weighted by Gasteiger charge is -2.46. The summed E-state index contributed by atoms with van der Waals surface area (Å²) in [6.45, 7) is 6.55. The Labute approximate surface area is 193 Å². The SMILES string of the molecule is CCOC(=O)c1ccc(N2C(=O)[C@H](Oc3ccccc3C)[C@@H]2c2ccc(OCC)cc2)cc1. The van der Waals surface area contributed by atoms with Crippen LogP contribution in [0, 0.1) is 6.92 Å². The van der Waals surface area contributed by atoms with E-state index in [0.29, 0.717) is 30.2 Å². The number of carbonyl (C=O) groups is 2. The second-order valence-electron chi connectivity index (χ2n) is 7.73. The average molecular weight is 446 g/mol. The second-order valence-corrected chi connectivity index (χ2v) is 7.73. The number of benzene rings is 3. The number of esters is 1. The third-order valence-electron chi connectivity index (χ3n) is 5.58. The monoisotopic (exact) mass is 445 g/mol. The molecule has 3 aromatic rings. The molecule has 1 fully saturated rings. The Balaban J connectivity index is 1.64. The van der Waals surface area contributed by atoms with E-state index in [1.807, 2.05) is 62.4 Å². The van der Waals surface area contributed by atoms with Gasteiger partial charge in [-0.25, -0.2) is 4.79 Å². The van der Waals surface area contributed by atoms with Crippen LogP contribution in [0.1, 0.15) is 41.4 Å². The van der Waals surface area contributed by atoms with E-state index in [1.165, 1.54) is 0 Å². The van der Waals surface area contributed by atoms with E-state index < -0.39 is 6.10 Å². The number of rotatable bonds is 8. The maximum Gasteiger partial charge on any atom is 0.338 e. The molecule has 1 saturated heterocycles. The molecule has 0 aliphatic carbocycles. The van der Waals surface area contributed by atoms with Crippen molar-refractivity contribution >= 4 is 17.6 Å². The molecule has 4 rings (SSSR count). The summed E-state index contributed by atoms with van der Waals surface area (Å²) in [6.07, 6.45) is -0.659. The summed E-state index contributed by atoms with van der Waals surface area (Å²) >= 11 is 0. The molecule has 6 nitrogen and oxygen atoms in total. The van der Waals surface area contributed by atoms with Crippen LogP contribution in [0.4, 0.5) is 5.69 Å². The second kappa shape index (κ2) is 9.77. The molecule has 33 heavy (non-hydrogen) atoms. The summed E-state index contributed by atoms with van der Waals surface area (Å²) in [7, 11) is 0. The first kappa shape index (κ1) is 22.4. The zero-order chi connectivity index (χ0) is 23.4. The van der Waals surface area contributed by atoms with Gasteiger partial charge in [-0.15, -0.1) is 0 Å². The van der Waals surface area contributed by atoms with Gasteiger partial charge in [0.2, 0.25) is 6.10 Å². The first-order chi connectivity index (χ1) is 16.0. The van der Waals surface area contributed by atoms with E-state index in [2.05, 4.69) is 0 Å². The summed E-state index contributed by atoms with van der Waals surface area (Å²) in [5.74, 6) is 0.932. The predicted molar refractivity (Wildman–Crippen MR) is 126 cm³/mol. The minimum absolute atomic E-state index is 0.138. The van der Waals surface area contributed by atoms with Gasteiger partial charge in [-0.05, 0) is 74.4 Å². The molecule has 2 atom stereocenters. The Morgan fingerprint density at radius 2 is 1.61 bits per heavy atom. The van der Waals surface area contributed by atoms with Crippen molar-refractivity contribution in [1.29, 1.82) is 0 Å². The molecule has 0 spiro atoms. The van der Waals surface area contributed by atoms with E-state index >= 15 is 0 Å². The third kappa shape index (κ3) is 4.55. The van der Waals surface area contributed by atoms with Crippen molar-refractivity contribution in [2.45, 2.75) is 32.9 Å². The van der Waals surface area contributed by atoms with E-state index in [9.17, 15) is 9.59 Å². The number of β-lactam (4-membered cyclic amide) rings is 1. The van der Waals surface area contributed by atoms with Crippen molar-refractivity contribution in [3.8, 4) is 11.5 Å². The van der Waals surface area contributed by atoms with Crippen molar-refractivity contribution in [3.63, 3.8) is 0 Å². The average Bonchev–Trinajstić information content (AvgIpc) is 2.83. The quantitative estimate of drug-likeness (QED) is 0.356. The zero-order valence-corrected chi connectivity index (χ0v) is 19.0. The van der Waals surface area contributed by atoms with Crippen LogP contribution in [0.5, 0.6) is 11.5 Å². The number of ether oxygens (including phenoxy) is 3. The van der Waals surface area contributed by atoms with Crippen LogP contribution in [-0.2, 0) is 9.53 Å². The van der Waals surface area contributed by atoms with Gasteiger partial charge in [-0.3, -0.25) is 9.69 Å². The lowest BCUT2D eigenvalue weighted by molar-refractivity contribution is -0.135. The Morgan fingerprint density at radius 1 is 0.909 bits per heavy atom. The molecule has 0 saturated carbocycles. The highest BCUT2D eigenvalue weighted by Crippen LogP contribution is 2.42. The van der Waals surface area contributed by atoms with Crippen LogP contribution < -0.4 is 14.4 Å². The first-order valence-corrected chi connectivity index (χ1v) is 11.1. The molecule has 1 amide bonds. The predicted octanol–water partition coefficient (Wildman–Crippen LogP) is 5.11. The number of carbonyl (C=O) groups excluding carboxylic acids is 2. The Morgan fingerprint density at radius 3 is 2.24 bits per heavy atom. The van der Waals surface area contributed by atoms with Crippen LogP contribution in [0.2, 0.25) is 0 Å². The molecule has 0 bridgehead atoms. The highest BCUT2D eigenvalue weighted by molar-refractivity contribution is 6.05. The highest BCUT2D eigenvalue weighted by atomic mass is 16.5. The van der Waals surface area contributed by atoms with Crippen molar-refractivity contribution in [2.75, 3.05) is 18.1 Å². The molecule has 3 aromatic carbocycles. The van der Waals surface area contributed by atoms with Crippen LogP contribution in [0.3, 0.4) is 0 Å². The molecule has 0 N–H and O–H groups in total. The van der Waals surface area contributed by atoms with E-state index in [0.717, 1.165) is 16.9 Å². The minimum Gasteiger partial charge on any atom is -0.494 e. The number of anilines is 1. The number of hydrogen-bond acceptors (Lipinski definition) is 5. The third-order valence-corrected chi connectivity index (χ3v) is 5.58.